The number of amides is 1. The van der Waals surface area contributed by atoms with Crippen molar-refractivity contribution in [2.75, 3.05) is 11.1 Å². The average Bonchev–Trinajstić information content (AvgIpc) is 2.78. The number of aromatic nitrogens is 3. The van der Waals surface area contributed by atoms with Gasteiger partial charge in [0.05, 0.1) is 18.3 Å². The Labute approximate surface area is 130 Å². The summed E-state index contributed by atoms with van der Waals surface area (Å²) in [5, 5.41) is 2.80. The normalized spacial score (nSPS) is 10.2. The Balaban J connectivity index is 0.00000220. The number of anilines is 2. The highest BCUT2D eigenvalue weighted by Crippen LogP contribution is 2.09. The van der Waals surface area contributed by atoms with Crippen molar-refractivity contribution >= 4 is 29.9 Å². The topological polar surface area (TPSA) is 85.8 Å². The maximum Gasteiger partial charge on any atom is 0.232 e. The Morgan fingerprint density at radius 2 is 2.14 bits per heavy atom. The van der Waals surface area contributed by atoms with E-state index >= 15 is 0 Å². The molecule has 0 aliphatic carbocycles. The van der Waals surface area contributed by atoms with Crippen molar-refractivity contribution in [1.29, 1.82) is 0 Å². The lowest BCUT2D eigenvalue weighted by atomic mass is 10.2. The van der Waals surface area contributed by atoms with Gasteiger partial charge in [0.15, 0.2) is 0 Å². The van der Waals surface area contributed by atoms with Gasteiger partial charge in [-0.25, -0.2) is 4.98 Å². The van der Waals surface area contributed by atoms with E-state index in [1.165, 1.54) is 0 Å². The minimum Gasteiger partial charge on any atom is -0.397 e. The average molecular weight is 310 g/mol. The number of nitrogens with one attached hydrogen (secondary N) is 1. The number of halogens is 1. The standard InChI is InChI=1S/C14H19N5O.ClH/c1-10(2)9-19-6-5-16-14(19)18-13(20)7-12-4-3-11(15)8-17-12;/h3-6,8,10H,7,9,15H2,1-2H3,(H,16,18,20);1H. The van der Waals surface area contributed by atoms with Crippen LogP contribution >= 0.6 is 12.4 Å². The lowest BCUT2D eigenvalue weighted by Crippen LogP contribution is -2.19. The van der Waals surface area contributed by atoms with E-state index in [9.17, 15) is 4.79 Å². The Morgan fingerprint density at radius 3 is 2.76 bits per heavy atom. The van der Waals surface area contributed by atoms with Crippen molar-refractivity contribution in [3.8, 4) is 0 Å². The Kier molecular flexibility index (Phi) is 6.17. The molecular formula is C14H20ClN5O. The Hall–Kier alpha value is -2.08. The first-order chi connectivity index (χ1) is 9.54. The van der Waals surface area contributed by atoms with Gasteiger partial charge in [-0.2, -0.15) is 0 Å². The number of nitrogens with two attached hydrogens (primary N) is 1. The first-order valence-electron chi connectivity index (χ1n) is 6.56. The van der Waals surface area contributed by atoms with E-state index < -0.39 is 0 Å². The highest BCUT2D eigenvalue weighted by molar-refractivity contribution is 5.90. The van der Waals surface area contributed by atoms with Gasteiger partial charge in [-0.1, -0.05) is 13.8 Å². The SMILES string of the molecule is CC(C)Cn1ccnc1NC(=O)Cc1ccc(N)cn1.Cl. The largest absolute Gasteiger partial charge is 0.397 e. The fourth-order valence-electron chi connectivity index (χ4n) is 1.85. The summed E-state index contributed by atoms with van der Waals surface area (Å²) >= 11 is 0. The number of carbonyl (C=O) groups excluding carboxylic acids is 1. The number of imidazole rings is 1. The molecule has 0 aliphatic heterocycles. The third-order valence-corrected chi connectivity index (χ3v) is 2.72. The Morgan fingerprint density at radius 1 is 1.38 bits per heavy atom. The molecule has 2 aromatic heterocycles. The molecule has 0 aromatic carbocycles. The molecular weight excluding hydrogens is 290 g/mol. The minimum atomic E-state index is -0.140. The molecule has 114 valence electrons. The first kappa shape index (κ1) is 17.0. The summed E-state index contributed by atoms with van der Waals surface area (Å²) in [5.74, 6) is 0.913. The molecule has 1 amide bonds. The number of nitrogen functional groups attached to an aromatic ring is 1. The maximum atomic E-state index is 12.0. The molecule has 0 bridgehead atoms. The van der Waals surface area contributed by atoms with Crippen LogP contribution in [0.3, 0.4) is 0 Å². The van der Waals surface area contributed by atoms with Gasteiger partial charge in [-0.3, -0.25) is 15.1 Å². The van der Waals surface area contributed by atoms with Gasteiger partial charge in [0.1, 0.15) is 0 Å². The summed E-state index contributed by atoms with van der Waals surface area (Å²) in [7, 11) is 0. The van der Waals surface area contributed by atoms with E-state index in [1.807, 2.05) is 10.8 Å². The molecule has 7 heteroatoms. The minimum absolute atomic E-state index is 0. The monoisotopic (exact) mass is 309 g/mol. The molecule has 21 heavy (non-hydrogen) atoms. The predicted molar refractivity (Wildman–Crippen MR) is 85.3 cm³/mol. The van der Waals surface area contributed by atoms with Crippen molar-refractivity contribution in [2.24, 2.45) is 5.92 Å². The molecule has 2 rings (SSSR count). The van der Waals surface area contributed by atoms with Crippen molar-refractivity contribution in [1.82, 2.24) is 14.5 Å². The molecule has 0 radical (unpaired) electrons. The van der Waals surface area contributed by atoms with Crippen molar-refractivity contribution in [3.05, 3.63) is 36.4 Å². The third kappa shape index (κ3) is 5.07. The number of nitrogens with zero attached hydrogens (tertiary/aromatic N) is 3. The van der Waals surface area contributed by atoms with E-state index in [1.54, 1.807) is 24.5 Å². The van der Waals surface area contributed by atoms with Gasteiger partial charge in [0.2, 0.25) is 11.9 Å². The zero-order valence-electron chi connectivity index (χ0n) is 12.1. The van der Waals surface area contributed by atoms with Gasteiger partial charge in [-0.05, 0) is 18.1 Å². The lowest BCUT2D eigenvalue weighted by molar-refractivity contribution is -0.115. The highest BCUT2D eigenvalue weighted by atomic mass is 35.5. The number of hydrogen-bond donors (Lipinski definition) is 2. The second-order valence-electron chi connectivity index (χ2n) is 5.10. The van der Waals surface area contributed by atoms with Crippen LogP contribution in [0, 0.1) is 5.92 Å². The molecule has 6 nitrogen and oxygen atoms in total. The van der Waals surface area contributed by atoms with Gasteiger partial charge in [0.25, 0.3) is 0 Å². The number of rotatable bonds is 5. The fourth-order valence-corrected chi connectivity index (χ4v) is 1.85. The summed E-state index contributed by atoms with van der Waals surface area (Å²) in [6.45, 7) is 5.05. The number of carbonyl (C=O) groups is 1. The van der Waals surface area contributed by atoms with E-state index in [-0.39, 0.29) is 24.7 Å². The number of hydrogen-bond acceptors (Lipinski definition) is 4. The van der Waals surface area contributed by atoms with Crippen LogP contribution < -0.4 is 11.1 Å². The second-order valence-corrected chi connectivity index (χ2v) is 5.10. The van der Waals surface area contributed by atoms with Gasteiger partial charge >= 0.3 is 0 Å². The molecule has 2 heterocycles. The highest BCUT2D eigenvalue weighted by Gasteiger charge is 2.10. The summed E-state index contributed by atoms with van der Waals surface area (Å²) in [4.78, 5) is 20.2. The van der Waals surface area contributed by atoms with E-state index in [4.69, 9.17) is 5.73 Å². The molecule has 2 aromatic rings. The molecule has 0 spiro atoms. The van der Waals surface area contributed by atoms with Crippen LogP contribution in [-0.4, -0.2) is 20.4 Å². The van der Waals surface area contributed by atoms with E-state index in [2.05, 4.69) is 29.1 Å². The predicted octanol–water partition coefficient (Wildman–Crippen LogP) is 2.12. The molecule has 0 aliphatic rings. The van der Waals surface area contributed by atoms with Crippen LogP contribution in [0.5, 0.6) is 0 Å². The van der Waals surface area contributed by atoms with Crippen molar-refractivity contribution < 1.29 is 4.79 Å². The van der Waals surface area contributed by atoms with Crippen LogP contribution in [0.1, 0.15) is 19.5 Å². The van der Waals surface area contributed by atoms with Gasteiger partial charge in [-0.15, -0.1) is 12.4 Å². The lowest BCUT2D eigenvalue weighted by Gasteiger charge is -2.10. The smallest absolute Gasteiger partial charge is 0.232 e. The number of pyridine rings is 1. The van der Waals surface area contributed by atoms with Gasteiger partial charge < -0.3 is 10.3 Å². The van der Waals surface area contributed by atoms with E-state index in [0.29, 0.717) is 23.2 Å². The molecule has 0 fully saturated rings. The second kappa shape index (κ2) is 7.64. The summed E-state index contributed by atoms with van der Waals surface area (Å²) in [6, 6.07) is 3.48. The van der Waals surface area contributed by atoms with Crippen LogP contribution in [-0.2, 0) is 17.8 Å². The van der Waals surface area contributed by atoms with Crippen LogP contribution in [0.2, 0.25) is 0 Å². The van der Waals surface area contributed by atoms with Crippen molar-refractivity contribution in [3.63, 3.8) is 0 Å². The molecule has 0 saturated heterocycles. The molecule has 3 N–H and O–H groups in total. The summed E-state index contributed by atoms with van der Waals surface area (Å²) in [5.41, 5.74) is 6.82. The molecule has 0 atom stereocenters. The molecule has 0 unspecified atom stereocenters. The van der Waals surface area contributed by atoms with Crippen LogP contribution in [0.25, 0.3) is 0 Å². The van der Waals surface area contributed by atoms with Crippen molar-refractivity contribution in [2.45, 2.75) is 26.8 Å². The maximum absolute atomic E-state index is 12.0. The zero-order chi connectivity index (χ0) is 14.5. The summed E-state index contributed by atoms with van der Waals surface area (Å²) < 4.78 is 1.93. The third-order valence-electron chi connectivity index (χ3n) is 2.72. The van der Waals surface area contributed by atoms with Gasteiger partial charge in [0, 0.05) is 24.6 Å². The van der Waals surface area contributed by atoms with E-state index in [0.717, 1.165) is 6.54 Å². The fraction of sp³-hybridized carbons (Fsp3) is 0.357. The van der Waals surface area contributed by atoms with Crippen LogP contribution in [0.15, 0.2) is 30.7 Å². The Bertz CT molecular complexity index is 579. The quantitative estimate of drug-likeness (QED) is 0.886. The van der Waals surface area contributed by atoms with Crippen LogP contribution in [0.4, 0.5) is 11.6 Å². The summed E-state index contributed by atoms with van der Waals surface area (Å²) in [6.07, 6.45) is 5.29. The zero-order valence-corrected chi connectivity index (χ0v) is 12.9. The first-order valence-corrected chi connectivity index (χ1v) is 6.56. The molecule has 0 saturated carbocycles.